The Morgan fingerprint density at radius 2 is 1.83 bits per heavy atom. The number of halogens is 3. The third kappa shape index (κ3) is 8.05. The molecule has 0 atom stereocenters. The molecule has 0 heterocycles. The molecular weight excluding hydrogens is 315 g/mol. The second kappa shape index (κ2) is 8.37. The number of carbonyl (C=O) groups excluding carboxylic acids is 2. The summed E-state index contributed by atoms with van der Waals surface area (Å²) in [6.07, 6.45) is -4.73. The molecule has 0 aliphatic carbocycles. The van der Waals surface area contributed by atoms with E-state index in [0.717, 1.165) is 0 Å². The normalized spacial score (nSPS) is 11.2. The zero-order chi connectivity index (χ0) is 17.5. The molecule has 0 spiro atoms. The molecule has 128 valence electrons. The summed E-state index contributed by atoms with van der Waals surface area (Å²) in [7, 11) is 1.65. The van der Waals surface area contributed by atoms with E-state index in [2.05, 4.69) is 15.4 Å². The summed E-state index contributed by atoms with van der Waals surface area (Å²) >= 11 is 0. The molecule has 0 aromatic heterocycles. The van der Waals surface area contributed by atoms with Gasteiger partial charge in [0.1, 0.15) is 5.75 Å². The number of nitrogens with zero attached hydrogens (tertiary/aromatic N) is 1. The highest BCUT2D eigenvalue weighted by Crippen LogP contribution is 2.22. The van der Waals surface area contributed by atoms with Gasteiger partial charge in [0, 0.05) is 13.1 Å². The number of rotatable bonds is 6. The predicted molar refractivity (Wildman–Crippen MR) is 76.7 cm³/mol. The first kappa shape index (κ1) is 18.8. The van der Waals surface area contributed by atoms with Crippen LogP contribution in [0.4, 0.5) is 18.0 Å². The first-order valence-corrected chi connectivity index (χ1v) is 6.80. The molecule has 3 amide bonds. The van der Waals surface area contributed by atoms with Gasteiger partial charge in [0.05, 0.1) is 6.54 Å². The van der Waals surface area contributed by atoms with Crippen molar-refractivity contribution in [3.8, 4) is 5.75 Å². The van der Waals surface area contributed by atoms with Crippen LogP contribution in [0.2, 0.25) is 0 Å². The van der Waals surface area contributed by atoms with Gasteiger partial charge in [-0.3, -0.25) is 15.0 Å². The van der Waals surface area contributed by atoms with Crippen LogP contribution >= 0.6 is 0 Å². The highest BCUT2D eigenvalue weighted by Gasteiger charge is 2.30. The van der Waals surface area contributed by atoms with Crippen molar-refractivity contribution < 1.29 is 27.5 Å². The van der Waals surface area contributed by atoms with Crippen LogP contribution < -0.4 is 15.4 Å². The average Bonchev–Trinajstić information content (AvgIpc) is 2.39. The molecule has 9 heteroatoms. The fourth-order valence-electron chi connectivity index (χ4n) is 1.78. The summed E-state index contributed by atoms with van der Waals surface area (Å²) in [6.45, 7) is 2.43. The Hall–Kier alpha value is -2.29. The lowest BCUT2D eigenvalue weighted by molar-refractivity contribution is -0.274. The largest absolute Gasteiger partial charge is 0.573 e. The monoisotopic (exact) mass is 333 g/mol. The lowest BCUT2D eigenvalue weighted by Crippen LogP contribution is -2.43. The maximum Gasteiger partial charge on any atom is 0.573 e. The van der Waals surface area contributed by atoms with Gasteiger partial charge in [0.15, 0.2) is 0 Å². The van der Waals surface area contributed by atoms with E-state index >= 15 is 0 Å². The van der Waals surface area contributed by atoms with E-state index in [1.165, 1.54) is 24.3 Å². The lowest BCUT2D eigenvalue weighted by atomic mass is 10.2. The Kier molecular flexibility index (Phi) is 6.83. The van der Waals surface area contributed by atoms with Crippen molar-refractivity contribution in [3.63, 3.8) is 0 Å². The minimum Gasteiger partial charge on any atom is -0.406 e. The fraction of sp³-hybridized carbons (Fsp3) is 0.429. The summed E-state index contributed by atoms with van der Waals surface area (Å²) in [5.41, 5.74) is 0.702. The zero-order valence-corrected chi connectivity index (χ0v) is 12.7. The Balaban J connectivity index is 2.46. The number of amides is 3. The number of carbonyl (C=O) groups is 2. The Labute approximate surface area is 131 Å². The van der Waals surface area contributed by atoms with Gasteiger partial charge >= 0.3 is 12.4 Å². The van der Waals surface area contributed by atoms with Crippen molar-refractivity contribution in [2.75, 3.05) is 20.1 Å². The topological polar surface area (TPSA) is 70.7 Å². The van der Waals surface area contributed by atoms with Gasteiger partial charge in [-0.05, 0) is 31.7 Å². The van der Waals surface area contributed by atoms with Crippen molar-refractivity contribution in [1.29, 1.82) is 0 Å². The molecule has 1 aromatic carbocycles. The Morgan fingerprint density at radius 3 is 2.35 bits per heavy atom. The smallest absolute Gasteiger partial charge is 0.406 e. The Bertz CT molecular complexity index is 532. The van der Waals surface area contributed by atoms with Crippen molar-refractivity contribution in [1.82, 2.24) is 15.5 Å². The van der Waals surface area contributed by atoms with Gasteiger partial charge < -0.3 is 10.1 Å². The van der Waals surface area contributed by atoms with E-state index in [4.69, 9.17) is 0 Å². The molecule has 0 saturated heterocycles. The second-order valence-corrected chi connectivity index (χ2v) is 4.77. The molecule has 1 aromatic rings. The van der Waals surface area contributed by atoms with Crippen molar-refractivity contribution in [2.45, 2.75) is 19.8 Å². The third-order valence-electron chi connectivity index (χ3n) is 2.61. The highest BCUT2D eigenvalue weighted by atomic mass is 19.4. The van der Waals surface area contributed by atoms with Crippen molar-refractivity contribution in [2.24, 2.45) is 0 Å². The predicted octanol–water partition coefficient (Wildman–Crippen LogP) is 1.86. The minimum absolute atomic E-state index is 0.0298. The van der Waals surface area contributed by atoms with E-state index in [9.17, 15) is 22.8 Å². The maximum absolute atomic E-state index is 12.0. The quantitative estimate of drug-likeness (QED) is 0.834. The molecule has 0 aliphatic rings. The van der Waals surface area contributed by atoms with Gasteiger partial charge in [-0.2, -0.15) is 0 Å². The third-order valence-corrected chi connectivity index (χ3v) is 2.61. The molecule has 2 N–H and O–H groups in total. The van der Waals surface area contributed by atoms with Gasteiger partial charge in [-0.25, -0.2) is 4.79 Å². The number of hydrogen-bond acceptors (Lipinski definition) is 4. The molecule has 23 heavy (non-hydrogen) atoms. The molecule has 0 unspecified atom stereocenters. The summed E-state index contributed by atoms with van der Waals surface area (Å²) < 4.78 is 39.9. The van der Waals surface area contributed by atoms with Crippen LogP contribution in [0.3, 0.4) is 0 Å². The molecule has 6 nitrogen and oxygen atoms in total. The van der Waals surface area contributed by atoms with Gasteiger partial charge in [-0.1, -0.05) is 12.1 Å². The number of alkyl halides is 3. The summed E-state index contributed by atoms with van der Waals surface area (Å²) in [5, 5.41) is 4.59. The van der Waals surface area contributed by atoms with E-state index in [1.807, 2.05) is 0 Å². The van der Waals surface area contributed by atoms with E-state index in [0.29, 0.717) is 18.7 Å². The molecule has 0 fully saturated rings. The molecule has 0 radical (unpaired) electrons. The molecule has 0 saturated carbocycles. The van der Waals surface area contributed by atoms with Crippen molar-refractivity contribution >= 4 is 11.9 Å². The van der Waals surface area contributed by atoms with E-state index < -0.39 is 18.3 Å². The van der Waals surface area contributed by atoms with Gasteiger partial charge in [0.2, 0.25) is 5.91 Å². The minimum atomic E-state index is -4.73. The summed E-state index contributed by atoms with van der Waals surface area (Å²) in [5.74, 6) is -0.784. The van der Waals surface area contributed by atoms with Crippen molar-refractivity contribution in [3.05, 3.63) is 29.8 Å². The van der Waals surface area contributed by atoms with Gasteiger partial charge in [-0.15, -0.1) is 13.2 Å². The number of likely N-dealkylation sites (N-methyl/N-ethyl adjacent to an activating group) is 1. The number of nitrogens with one attached hydrogen (secondary N) is 2. The van der Waals surface area contributed by atoms with Gasteiger partial charge in [0.25, 0.3) is 0 Å². The first-order chi connectivity index (χ1) is 10.7. The summed E-state index contributed by atoms with van der Waals surface area (Å²) in [4.78, 5) is 24.4. The van der Waals surface area contributed by atoms with Crippen LogP contribution in [-0.4, -0.2) is 43.3 Å². The molecule has 0 bridgehead atoms. The van der Waals surface area contributed by atoms with Crippen LogP contribution in [0.5, 0.6) is 5.75 Å². The number of benzene rings is 1. The fourth-order valence-corrected chi connectivity index (χ4v) is 1.78. The number of urea groups is 1. The van der Waals surface area contributed by atoms with E-state index in [-0.39, 0.29) is 12.3 Å². The second-order valence-electron chi connectivity index (χ2n) is 4.77. The highest BCUT2D eigenvalue weighted by molar-refractivity contribution is 5.95. The number of imide groups is 1. The molecular formula is C14H18F3N3O3. The van der Waals surface area contributed by atoms with E-state index in [1.54, 1.807) is 18.9 Å². The van der Waals surface area contributed by atoms with Crippen LogP contribution in [0.1, 0.15) is 12.5 Å². The van der Waals surface area contributed by atoms with Crippen LogP contribution in [-0.2, 0) is 11.3 Å². The Morgan fingerprint density at radius 1 is 1.22 bits per heavy atom. The molecule has 1 rings (SSSR count). The number of ether oxygens (including phenoxy) is 1. The lowest BCUT2D eigenvalue weighted by Gasteiger charge is -2.16. The average molecular weight is 333 g/mol. The molecule has 0 aliphatic heterocycles. The maximum atomic E-state index is 12.0. The van der Waals surface area contributed by atoms with Crippen LogP contribution in [0, 0.1) is 0 Å². The number of hydrogen-bond donors (Lipinski definition) is 2. The summed E-state index contributed by atoms with van der Waals surface area (Å²) in [6, 6.07) is 4.77. The van der Waals surface area contributed by atoms with Crippen LogP contribution in [0.25, 0.3) is 0 Å². The van der Waals surface area contributed by atoms with Crippen LogP contribution in [0.15, 0.2) is 24.3 Å². The zero-order valence-electron chi connectivity index (χ0n) is 12.7. The SMILES string of the molecule is CCNC(=O)NC(=O)CN(C)Cc1ccc(OC(F)(F)F)cc1. The standard InChI is InChI=1S/C14H18F3N3O3/c1-3-18-13(22)19-12(21)9-20(2)8-10-4-6-11(7-5-10)23-14(15,16)17/h4-7H,3,8-9H2,1-2H3,(H2,18,19,21,22). The first-order valence-electron chi connectivity index (χ1n) is 6.80.